The largest absolute Gasteiger partial charge is 0.384 e. The molecule has 86 valence electrons. The van der Waals surface area contributed by atoms with E-state index in [0.717, 1.165) is 13.0 Å². The first-order chi connectivity index (χ1) is 8.33. The lowest BCUT2D eigenvalue weighted by molar-refractivity contribution is 0.694. The average Bonchev–Trinajstić information content (AvgIpc) is 2.39. The molecule has 17 heavy (non-hydrogen) atoms. The maximum Gasteiger partial charge on any atom is 0.0373 e. The highest BCUT2D eigenvalue weighted by atomic mass is 14.9. The van der Waals surface area contributed by atoms with E-state index >= 15 is 0 Å². The maximum atomic E-state index is 3.54. The van der Waals surface area contributed by atoms with E-state index in [4.69, 9.17) is 0 Å². The highest BCUT2D eigenvalue weighted by molar-refractivity contribution is 5.55. The second-order valence-corrected chi connectivity index (χ2v) is 4.85. The molecule has 0 amide bonds. The van der Waals surface area contributed by atoms with Gasteiger partial charge in [0.25, 0.3) is 0 Å². The topological polar surface area (TPSA) is 12.0 Å². The fourth-order valence-corrected chi connectivity index (χ4v) is 2.60. The van der Waals surface area contributed by atoms with Crippen LogP contribution in [0, 0.1) is 6.92 Å². The van der Waals surface area contributed by atoms with Crippen LogP contribution in [0.25, 0.3) is 0 Å². The zero-order chi connectivity index (χ0) is 11.7. The summed E-state index contributed by atoms with van der Waals surface area (Å²) >= 11 is 0. The summed E-state index contributed by atoms with van der Waals surface area (Å²) < 4.78 is 0. The van der Waals surface area contributed by atoms with Crippen molar-refractivity contribution in [3.63, 3.8) is 0 Å². The van der Waals surface area contributed by atoms with Gasteiger partial charge in [-0.3, -0.25) is 0 Å². The molecule has 0 saturated heterocycles. The first-order valence-corrected chi connectivity index (χ1v) is 6.21. The molecule has 1 N–H and O–H groups in total. The van der Waals surface area contributed by atoms with Gasteiger partial charge >= 0.3 is 0 Å². The normalized spacial score (nSPS) is 18.3. The fourth-order valence-electron chi connectivity index (χ4n) is 2.60. The molecule has 1 heteroatoms. The molecule has 3 rings (SSSR count). The van der Waals surface area contributed by atoms with Crippen molar-refractivity contribution < 1.29 is 0 Å². The fraction of sp³-hybridized carbons (Fsp3) is 0.250. The van der Waals surface area contributed by atoms with Gasteiger partial charge in [0.1, 0.15) is 0 Å². The Morgan fingerprint density at radius 3 is 2.71 bits per heavy atom. The van der Waals surface area contributed by atoms with E-state index in [9.17, 15) is 0 Å². The first-order valence-electron chi connectivity index (χ1n) is 6.21. The molecule has 1 unspecified atom stereocenters. The molecule has 0 saturated carbocycles. The number of anilines is 1. The molecule has 2 aromatic carbocycles. The third-order valence-corrected chi connectivity index (χ3v) is 3.54. The molecule has 0 radical (unpaired) electrons. The van der Waals surface area contributed by atoms with Crippen molar-refractivity contribution in [2.24, 2.45) is 0 Å². The average molecular weight is 223 g/mol. The van der Waals surface area contributed by atoms with Crippen LogP contribution in [0.4, 0.5) is 5.69 Å². The van der Waals surface area contributed by atoms with Crippen molar-refractivity contribution in [1.82, 2.24) is 0 Å². The molecule has 1 aliphatic heterocycles. The molecule has 0 bridgehead atoms. The summed E-state index contributed by atoms with van der Waals surface area (Å²) in [5, 5.41) is 3.54. The molecule has 1 heterocycles. The van der Waals surface area contributed by atoms with Gasteiger partial charge in [0, 0.05) is 18.2 Å². The van der Waals surface area contributed by atoms with Crippen LogP contribution in [0.2, 0.25) is 0 Å². The van der Waals surface area contributed by atoms with Gasteiger partial charge < -0.3 is 5.32 Å². The van der Waals surface area contributed by atoms with Crippen LogP contribution in [0.1, 0.15) is 22.6 Å². The monoisotopic (exact) mass is 223 g/mol. The zero-order valence-corrected chi connectivity index (χ0v) is 10.1. The lowest BCUT2D eigenvalue weighted by atomic mass is 9.88. The minimum absolute atomic E-state index is 0.602. The lowest BCUT2D eigenvalue weighted by Gasteiger charge is -2.26. The molecule has 1 aliphatic rings. The van der Waals surface area contributed by atoms with E-state index in [1.165, 1.54) is 22.4 Å². The minimum Gasteiger partial charge on any atom is -0.384 e. The van der Waals surface area contributed by atoms with Gasteiger partial charge in [-0.05, 0) is 30.5 Å². The van der Waals surface area contributed by atoms with Crippen molar-refractivity contribution >= 4 is 5.69 Å². The number of hydrogen-bond acceptors (Lipinski definition) is 1. The standard InChI is InChI=1S/C16H17N/c1-12-7-8-16-14(9-12)10-15(11-17-16)13-5-3-2-4-6-13/h2-9,15,17H,10-11H2,1H3. The Kier molecular flexibility index (Phi) is 2.60. The summed E-state index contributed by atoms with van der Waals surface area (Å²) in [6.45, 7) is 3.20. The Bertz CT molecular complexity index is 516. The van der Waals surface area contributed by atoms with Crippen LogP contribution in [0.5, 0.6) is 0 Å². The second kappa shape index (κ2) is 4.25. The Hall–Kier alpha value is -1.76. The predicted octanol–water partition coefficient (Wildman–Crippen LogP) is 3.75. The summed E-state index contributed by atoms with van der Waals surface area (Å²) in [4.78, 5) is 0. The van der Waals surface area contributed by atoms with Crippen molar-refractivity contribution in [1.29, 1.82) is 0 Å². The quantitative estimate of drug-likeness (QED) is 0.776. The van der Waals surface area contributed by atoms with Crippen LogP contribution in [0.15, 0.2) is 48.5 Å². The Morgan fingerprint density at radius 2 is 1.88 bits per heavy atom. The van der Waals surface area contributed by atoms with Crippen molar-refractivity contribution in [2.75, 3.05) is 11.9 Å². The Labute approximate surface area is 102 Å². The molecule has 0 spiro atoms. The molecule has 1 atom stereocenters. The number of rotatable bonds is 1. The molecular formula is C16H17N. The molecule has 0 aromatic heterocycles. The zero-order valence-electron chi connectivity index (χ0n) is 10.1. The number of hydrogen-bond donors (Lipinski definition) is 1. The van der Waals surface area contributed by atoms with E-state index in [1.54, 1.807) is 0 Å². The van der Waals surface area contributed by atoms with E-state index in [1.807, 2.05) is 0 Å². The van der Waals surface area contributed by atoms with Crippen LogP contribution >= 0.6 is 0 Å². The second-order valence-electron chi connectivity index (χ2n) is 4.85. The molecular weight excluding hydrogens is 206 g/mol. The van der Waals surface area contributed by atoms with E-state index < -0.39 is 0 Å². The summed E-state index contributed by atoms with van der Waals surface area (Å²) in [5.41, 5.74) is 5.54. The lowest BCUT2D eigenvalue weighted by Crippen LogP contribution is -2.21. The molecule has 0 fully saturated rings. The van der Waals surface area contributed by atoms with Gasteiger partial charge in [-0.25, -0.2) is 0 Å². The van der Waals surface area contributed by atoms with Gasteiger partial charge in [0.15, 0.2) is 0 Å². The number of benzene rings is 2. The molecule has 2 aromatic rings. The van der Waals surface area contributed by atoms with Crippen LogP contribution in [-0.2, 0) is 6.42 Å². The van der Waals surface area contributed by atoms with Gasteiger partial charge in [-0.15, -0.1) is 0 Å². The summed E-state index contributed by atoms with van der Waals surface area (Å²) in [5.74, 6) is 0.602. The third kappa shape index (κ3) is 2.05. The van der Waals surface area contributed by atoms with Gasteiger partial charge in [0.05, 0.1) is 0 Å². The van der Waals surface area contributed by atoms with Crippen molar-refractivity contribution in [3.8, 4) is 0 Å². The summed E-state index contributed by atoms with van der Waals surface area (Å²) in [6.07, 6.45) is 1.15. The Balaban J connectivity index is 1.90. The van der Waals surface area contributed by atoms with Crippen molar-refractivity contribution in [3.05, 3.63) is 65.2 Å². The number of fused-ring (bicyclic) bond motifs is 1. The highest BCUT2D eigenvalue weighted by Gasteiger charge is 2.19. The number of aryl methyl sites for hydroxylation is 1. The number of nitrogens with one attached hydrogen (secondary N) is 1. The first kappa shape index (κ1) is 10.4. The van der Waals surface area contributed by atoms with Crippen LogP contribution < -0.4 is 5.32 Å². The third-order valence-electron chi connectivity index (χ3n) is 3.54. The predicted molar refractivity (Wildman–Crippen MR) is 72.6 cm³/mol. The summed E-state index contributed by atoms with van der Waals surface area (Å²) in [6, 6.07) is 17.5. The maximum absolute atomic E-state index is 3.54. The highest BCUT2D eigenvalue weighted by Crippen LogP contribution is 2.30. The smallest absolute Gasteiger partial charge is 0.0373 e. The van der Waals surface area contributed by atoms with E-state index in [2.05, 4.69) is 60.8 Å². The Morgan fingerprint density at radius 1 is 1.06 bits per heavy atom. The van der Waals surface area contributed by atoms with Crippen molar-refractivity contribution in [2.45, 2.75) is 19.3 Å². The van der Waals surface area contributed by atoms with Crippen LogP contribution in [0.3, 0.4) is 0 Å². The SMILES string of the molecule is Cc1ccc2c(c1)CC(c1ccccc1)CN2. The van der Waals surface area contributed by atoms with Gasteiger partial charge in [-0.1, -0.05) is 48.0 Å². The van der Waals surface area contributed by atoms with Crippen LogP contribution in [-0.4, -0.2) is 6.54 Å². The molecule has 0 aliphatic carbocycles. The van der Waals surface area contributed by atoms with E-state index in [-0.39, 0.29) is 0 Å². The summed E-state index contributed by atoms with van der Waals surface area (Å²) in [7, 11) is 0. The minimum atomic E-state index is 0.602. The molecule has 1 nitrogen and oxygen atoms in total. The van der Waals surface area contributed by atoms with Gasteiger partial charge in [-0.2, -0.15) is 0 Å². The van der Waals surface area contributed by atoms with E-state index in [0.29, 0.717) is 5.92 Å². The van der Waals surface area contributed by atoms with Gasteiger partial charge in [0.2, 0.25) is 0 Å².